The first kappa shape index (κ1) is 31.3. The Labute approximate surface area is 256 Å². The molecule has 0 aliphatic carbocycles. The van der Waals surface area contributed by atoms with E-state index in [0.29, 0.717) is 12.1 Å². The molecule has 0 spiro atoms. The number of nitrogens with zero attached hydrogens (tertiary/aromatic N) is 3. The fourth-order valence-corrected chi connectivity index (χ4v) is 5.15. The highest BCUT2D eigenvalue weighted by atomic mass is 19.4. The summed E-state index contributed by atoms with van der Waals surface area (Å²) in [5, 5.41) is 18.8. The van der Waals surface area contributed by atoms with Crippen molar-refractivity contribution in [1.82, 2.24) is 20.4 Å². The van der Waals surface area contributed by atoms with Gasteiger partial charge in [-0.05, 0) is 48.7 Å². The Morgan fingerprint density at radius 3 is 2.38 bits per heavy atom. The van der Waals surface area contributed by atoms with E-state index in [2.05, 4.69) is 15.7 Å². The average molecular weight is 622 g/mol. The molecule has 0 saturated heterocycles. The number of fused-ring (bicyclic) bond motifs is 1. The van der Waals surface area contributed by atoms with E-state index in [9.17, 15) is 32.7 Å². The average Bonchev–Trinajstić information content (AvgIpc) is 3.45. The second kappa shape index (κ2) is 13.2. The molecule has 0 radical (unpaired) electrons. The van der Waals surface area contributed by atoms with Gasteiger partial charge in [0.25, 0.3) is 11.8 Å². The maximum absolute atomic E-state index is 14.2. The van der Waals surface area contributed by atoms with Gasteiger partial charge in [-0.3, -0.25) is 14.4 Å². The molecule has 13 heteroatoms. The highest BCUT2D eigenvalue weighted by Crippen LogP contribution is 2.37. The number of para-hydroxylation sites is 1. The number of nitrogens with one attached hydrogen (secondary N) is 2. The number of aromatic nitrogens is 2. The summed E-state index contributed by atoms with van der Waals surface area (Å²) >= 11 is 0. The van der Waals surface area contributed by atoms with Crippen LogP contribution in [-0.2, 0) is 23.8 Å². The summed E-state index contributed by atoms with van der Waals surface area (Å²) in [6.45, 7) is -0.514. The summed E-state index contributed by atoms with van der Waals surface area (Å²) in [4.78, 5) is 41.5. The molecule has 3 N–H and O–H groups in total. The zero-order valence-corrected chi connectivity index (χ0v) is 24.2. The van der Waals surface area contributed by atoms with Gasteiger partial charge in [0.2, 0.25) is 5.91 Å². The number of hydrogen-bond acceptors (Lipinski definition) is 6. The van der Waals surface area contributed by atoms with Crippen molar-refractivity contribution in [2.75, 3.05) is 31.7 Å². The molecular formula is C32H30F3N5O5. The number of hydrogen-bond donors (Lipinski definition) is 3. The lowest BCUT2D eigenvalue weighted by Crippen LogP contribution is -2.49. The van der Waals surface area contributed by atoms with Crippen molar-refractivity contribution in [3.8, 4) is 11.4 Å². The minimum Gasteiger partial charge on any atom is -0.497 e. The van der Waals surface area contributed by atoms with Crippen LogP contribution in [0.4, 0.5) is 18.9 Å². The molecule has 4 aromatic rings. The number of alkyl halides is 3. The van der Waals surface area contributed by atoms with E-state index in [1.807, 2.05) is 30.3 Å². The number of amides is 3. The van der Waals surface area contributed by atoms with E-state index < -0.39 is 42.2 Å². The molecule has 0 saturated carbocycles. The third-order valence-electron chi connectivity index (χ3n) is 7.39. The molecule has 45 heavy (non-hydrogen) atoms. The van der Waals surface area contributed by atoms with Gasteiger partial charge >= 0.3 is 6.18 Å². The molecule has 10 nitrogen and oxygen atoms in total. The molecule has 1 atom stereocenters. The molecule has 0 bridgehead atoms. The summed E-state index contributed by atoms with van der Waals surface area (Å²) in [6, 6.07) is 20.5. The van der Waals surface area contributed by atoms with E-state index in [4.69, 9.17) is 4.74 Å². The Kier molecular flexibility index (Phi) is 9.18. The summed E-state index contributed by atoms with van der Waals surface area (Å²) in [6.07, 6.45) is -4.49. The van der Waals surface area contributed by atoms with Crippen molar-refractivity contribution in [3.63, 3.8) is 0 Å². The first-order chi connectivity index (χ1) is 21.6. The number of rotatable bonds is 10. The molecule has 3 aromatic carbocycles. The monoisotopic (exact) mass is 621 g/mol. The lowest BCUT2D eigenvalue weighted by atomic mass is 10.0. The number of methoxy groups -OCH3 is 1. The minimum atomic E-state index is -4.88. The van der Waals surface area contributed by atoms with Crippen molar-refractivity contribution in [2.45, 2.75) is 25.1 Å². The molecule has 2 heterocycles. The van der Waals surface area contributed by atoms with E-state index in [0.717, 1.165) is 10.2 Å². The van der Waals surface area contributed by atoms with Gasteiger partial charge in [0, 0.05) is 24.3 Å². The fourth-order valence-electron chi connectivity index (χ4n) is 5.15. The van der Waals surface area contributed by atoms with Crippen LogP contribution in [0.25, 0.3) is 5.69 Å². The van der Waals surface area contributed by atoms with Crippen LogP contribution in [0.2, 0.25) is 0 Å². The van der Waals surface area contributed by atoms with Crippen LogP contribution < -0.4 is 20.3 Å². The van der Waals surface area contributed by atoms with Crippen LogP contribution in [0.3, 0.4) is 0 Å². The van der Waals surface area contributed by atoms with Gasteiger partial charge in [-0.15, -0.1) is 0 Å². The number of anilines is 1. The lowest BCUT2D eigenvalue weighted by Gasteiger charge is -2.28. The maximum atomic E-state index is 14.2. The second-order valence-electron chi connectivity index (χ2n) is 10.2. The molecule has 1 aromatic heterocycles. The van der Waals surface area contributed by atoms with E-state index in [1.54, 1.807) is 30.3 Å². The van der Waals surface area contributed by atoms with Crippen LogP contribution in [-0.4, -0.2) is 65.5 Å². The first-order valence-corrected chi connectivity index (χ1v) is 14.1. The molecule has 0 unspecified atom stereocenters. The number of carbonyl (C=O) groups is 3. The largest absolute Gasteiger partial charge is 0.497 e. The topological polar surface area (TPSA) is 126 Å². The SMILES string of the molecule is COc1ccc(-n2nc(C(F)(F)F)c3c2C(=O)N(c2ccccc2)CC3)c(C(=O)N[C@@H](CO)C(=O)NCCc2ccccc2)c1. The van der Waals surface area contributed by atoms with Gasteiger partial charge in [0.05, 0.1) is 25.0 Å². The van der Waals surface area contributed by atoms with Crippen molar-refractivity contribution in [1.29, 1.82) is 0 Å². The van der Waals surface area contributed by atoms with Gasteiger partial charge in [-0.25, -0.2) is 4.68 Å². The molecule has 234 valence electrons. The number of aliphatic hydroxyl groups is 1. The lowest BCUT2D eigenvalue weighted by molar-refractivity contribution is -0.142. The van der Waals surface area contributed by atoms with Crippen molar-refractivity contribution >= 4 is 23.4 Å². The number of halogens is 3. The Morgan fingerprint density at radius 1 is 1.04 bits per heavy atom. The van der Waals surface area contributed by atoms with Crippen LogP contribution in [0.1, 0.15) is 37.7 Å². The van der Waals surface area contributed by atoms with Gasteiger partial charge in [0.15, 0.2) is 5.69 Å². The van der Waals surface area contributed by atoms with E-state index >= 15 is 0 Å². The zero-order valence-electron chi connectivity index (χ0n) is 24.2. The summed E-state index contributed by atoms with van der Waals surface area (Å²) in [5.41, 5.74) is -0.762. The van der Waals surface area contributed by atoms with Crippen LogP contribution in [0.15, 0.2) is 78.9 Å². The summed E-state index contributed by atoms with van der Waals surface area (Å²) in [5.74, 6) is -2.09. The quantitative estimate of drug-likeness (QED) is 0.249. The van der Waals surface area contributed by atoms with Gasteiger partial charge in [0.1, 0.15) is 17.5 Å². The van der Waals surface area contributed by atoms with Crippen LogP contribution >= 0.6 is 0 Å². The van der Waals surface area contributed by atoms with Crippen molar-refractivity contribution in [2.24, 2.45) is 0 Å². The standard InChI is InChI=1S/C32H30F3N5O5/c1-45-22-12-13-26(24(18-22)29(42)37-25(19-41)30(43)36-16-14-20-8-4-2-5-9-20)40-27-23(28(38-40)32(33,34)35)15-17-39(31(27)44)21-10-6-3-7-11-21/h2-13,18,25,41H,14-17,19H2,1H3,(H,36,43)(H,37,42)/t25-/m0/s1. The first-order valence-electron chi connectivity index (χ1n) is 14.1. The maximum Gasteiger partial charge on any atom is 0.435 e. The number of carbonyl (C=O) groups excluding carboxylic acids is 3. The minimum absolute atomic E-state index is 0.00185. The van der Waals surface area contributed by atoms with Gasteiger partial charge in [-0.1, -0.05) is 48.5 Å². The Hall–Kier alpha value is -5.17. The van der Waals surface area contributed by atoms with Crippen LogP contribution in [0, 0.1) is 0 Å². The second-order valence-corrected chi connectivity index (χ2v) is 10.2. The molecule has 0 fully saturated rings. The number of ether oxygens (including phenoxy) is 1. The van der Waals surface area contributed by atoms with Crippen molar-refractivity contribution in [3.05, 3.63) is 107 Å². The highest BCUT2D eigenvalue weighted by Gasteiger charge is 2.43. The summed E-state index contributed by atoms with van der Waals surface area (Å²) < 4.78 is 48.6. The molecule has 1 aliphatic rings. The predicted octanol–water partition coefficient (Wildman–Crippen LogP) is 3.55. The number of benzene rings is 3. The predicted molar refractivity (Wildman–Crippen MR) is 158 cm³/mol. The smallest absolute Gasteiger partial charge is 0.435 e. The van der Waals surface area contributed by atoms with Crippen LogP contribution in [0.5, 0.6) is 5.75 Å². The highest BCUT2D eigenvalue weighted by molar-refractivity contribution is 6.08. The Morgan fingerprint density at radius 2 is 1.73 bits per heavy atom. The van der Waals surface area contributed by atoms with E-state index in [1.165, 1.54) is 30.2 Å². The molecule has 1 aliphatic heterocycles. The fraction of sp³-hybridized carbons (Fsp3) is 0.250. The van der Waals surface area contributed by atoms with Gasteiger partial charge in [-0.2, -0.15) is 18.3 Å². The summed E-state index contributed by atoms with van der Waals surface area (Å²) in [7, 11) is 1.34. The molecular weight excluding hydrogens is 591 g/mol. The normalized spacial score (nSPS) is 13.6. The van der Waals surface area contributed by atoms with Crippen molar-refractivity contribution < 1.29 is 37.4 Å². The molecule has 5 rings (SSSR count). The van der Waals surface area contributed by atoms with Gasteiger partial charge < -0.3 is 25.4 Å². The number of aliphatic hydroxyl groups excluding tert-OH is 1. The third kappa shape index (κ3) is 6.68. The third-order valence-corrected chi connectivity index (χ3v) is 7.39. The zero-order chi connectivity index (χ0) is 32.1. The Bertz CT molecular complexity index is 1690. The molecule has 3 amide bonds. The van der Waals surface area contributed by atoms with E-state index in [-0.39, 0.29) is 47.8 Å². The Balaban J connectivity index is 1.48.